The summed E-state index contributed by atoms with van der Waals surface area (Å²) in [5, 5.41) is 10.5. The summed E-state index contributed by atoms with van der Waals surface area (Å²) in [5.74, 6) is 1.68. The molecule has 0 bridgehead atoms. The lowest BCUT2D eigenvalue weighted by atomic mass is 10.1. The van der Waals surface area contributed by atoms with Crippen LogP contribution < -0.4 is 10.1 Å². The minimum atomic E-state index is 0.586. The zero-order chi connectivity index (χ0) is 13.2. The van der Waals surface area contributed by atoms with Gasteiger partial charge in [0.1, 0.15) is 17.3 Å². The number of hydrogen-bond donors (Lipinski definition) is 2. The smallest absolute Gasteiger partial charge is 0.137 e. The lowest BCUT2D eigenvalue weighted by Gasteiger charge is -2.17. The Morgan fingerprint density at radius 1 is 1.32 bits per heavy atom. The molecule has 2 aromatic rings. The Hall–Kier alpha value is -2.30. The van der Waals surface area contributed by atoms with Crippen molar-refractivity contribution in [3.8, 4) is 5.75 Å². The van der Waals surface area contributed by atoms with E-state index in [1.807, 2.05) is 38.1 Å². The predicted molar refractivity (Wildman–Crippen MR) is 74.8 cm³/mol. The van der Waals surface area contributed by atoms with Crippen LogP contribution in [0.4, 0.5) is 5.69 Å². The zero-order valence-electron chi connectivity index (χ0n) is 11.0. The molecule has 0 saturated carbocycles. The third-order valence-corrected chi connectivity index (χ3v) is 3.09. The van der Waals surface area contributed by atoms with E-state index >= 15 is 0 Å². The average Bonchev–Trinajstić information content (AvgIpc) is 2.81. The van der Waals surface area contributed by atoms with Crippen LogP contribution in [0, 0.1) is 6.92 Å². The molecule has 1 aromatic carbocycles. The fraction of sp³-hybridized carbons (Fsp3) is 0.286. The largest absolute Gasteiger partial charge is 0.493 e. The van der Waals surface area contributed by atoms with E-state index in [0.717, 1.165) is 34.2 Å². The second-order valence-corrected chi connectivity index (χ2v) is 4.39. The summed E-state index contributed by atoms with van der Waals surface area (Å²) in [5.41, 5.74) is 3.98. The first kappa shape index (κ1) is 11.8. The number of amidine groups is 1. The molecule has 0 aliphatic carbocycles. The Labute approximate surface area is 111 Å². The summed E-state index contributed by atoms with van der Waals surface area (Å²) in [4.78, 5) is 4.54. The van der Waals surface area contributed by atoms with Gasteiger partial charge in [-0.25, -0.2) is 0 Å². The van der Waals surface area contributed by atoms with Gasteiger partial charge in [0.15, 0.2) is 0 Å². The lowest BCUT2D eigenvalue weighted by Crippen LogP contribution is -2.20. The summed E-state index contributed by atoms with van der Waals surface area (Å²) >= 11 is 0. The Balaban J connectivity index is 1.96. The van der Waals surface area contributed by atoms with E-state index in [2.05, 4.69) is 20.5 Å². The third-order valence-electron chi connectivity index (χ3n) is 3.09. The number of benzene rings is 1. The van der Waals surface area contributed by atoms with Crippen LogP contribution >= 0.6 is 0 Å². The molecule has 98 valence electrons. The van der Waals surface area contributed by atoms with Crippen molar-refractivity contribution in [3.63, 3.8) is 0 Å². The molecule has 19 heavy (non-hydrogen) atoms. The summed E-state index contributed by atoms with van der Waals surface area (Å²) in [6.07, 6.45) is 0. The van der Waals surface area contributed by atoms with Crippen LogP contribution in [0.1, 0.15) is 23.9 Å². The van der Waals surface area contributed by atoms with E-state index < -0.39 is 0 Å². The van der Waals surface area contributed by atoms with Crippen molar-refractivity contribution in [2.75, 3.05) is 11.9 Å². The molecule has 1 aromatic heterocycles. The van der Waals surface area contributed by atoms with E-state index in [-0.39, 0.29) is 0 Å². The first-order chi connectivity index (χ1) is 9.29. The number of ether oxygens (including phenoxy) is 1. The van der Waals surface area contributed by atoms with Gasteiger partial charge in [0.25, 0.3) is 0 Å². The van der Waals surface area contributed by atoms with E-state index in [0.29, 0.717) is 13.2 Å². The van der Waals surface area contributed by atoms with Gasteiger partial charge in [0.2, 0.25) is 0 Å². The summed E-state index contributed by atoms with van der Waals surface area (Å²) in [7, 11) is 0. The van der Waals surface area contributed by atoms with Gasteiger partial charge in [-0.1, -0.05) is 12.1 Å². The topological polar surface area (TPSA) is 62.3 Å². The van der Waals surface area contributed by atoms with Crippen LogP contribution in [0.5, 0.6) is 5.75 Å². The molecule has 0 amide bonds. The molecule has 5 heteroatoms. The van der Waals surface area contributed by atoms with Gasteiger partial charge in [-0.2, -0.15) is 5.10 Å². The molecular weight excluding hydrogens is 240 g/mol. The van der Waals surface area contributed by atoms with E-state index in [9.17, 15) is 0 Å². The molecule has 0 saturated heterocycles. The molecule has 0 spiro atoms. The van der Waals surface area contributed by atoms with E-state index in [1.165, 1.54) is 0 Å². The minimum absolute atomic E-state index is 0.586. The van der Waals surface area contributed by atoms with Crippen LogP contribution in [0.2, 0.25) is 0 Å². The molecule has 0 atom stereocenters. The normalized spacial score (nSPS) is 13.5. The van der Waals surface area contributed by atoms with Crippen molar-refractivity contribution in [2.24, 2.45) is 4.99 Å². The predicted octanol–water partition coefficient (Wildman–Crippen LogP) is 2.49. The number of aliphatic imine (C=N–C) groups is 1. The number of aromatic amines is 1. The zero-order valence-corrected chi connectivity index (χ0v) is 11.0. The molecule has 2 heterocycles. The summed E-state index contributed by atoms with van der Waals surface area (Å²) < 4.78 is 5.65. The van der Waals surface area contributed by atoms with E-state index in [1.54, 1.807) is 0 Å². The number of nitrogens with one attached hydrogen (secondary N) is 2. The fourth-order valence-corrected chi connectivity index (χ4v) is 2.17. The number of anilines is 1. The molecule has 3 rings (SSSR count). The quantitative estimate of drug-likeness (QED) is 0.886. The Morgan fingerprint density at radius 2 is 2.16 bits per heavy atom. The SMILES string of the molecule is CCOc1ccccc1C1=NCc2n[nH]c(C)c2N1. The maximum atomic E-state index is 5.65. The van der Waals surface area contributed by atoms with Crippen molar-refractivity contribution in [1.82, 2.24) is 10.2 Å². The number of aryl methyl sites for hydroxylation is 1. The summed E-state index contributed by atoms with van der Waals surface area (Å²) in [6, 6.07) is 7.92. The highest BCUT2D eigenvalue weighted by Crippen LogP contribution is 2.26. The Bertz CT molecular complexity index is 630. The first-order valence-corrected chi connectivity index (χ1v) is 6.37. The highest BCUT2D eigenvalue weighted by Gasteiger charge is 2.19. The number of fused-ring (bicyclic) bond motifs is 1. The van der Waals surface area contributed by atoms with Gasteiger partial charge in [0.05, 0.1) is 30.1 Å². The molecular formula is C14H16N4O. The Morgan fingerprint density at radius 3 is 3.00 bits per heavy atom. The second-order valence-electron chi connectivity index (χ2n) is 4.39. The molecule has 0 radical (unpaired) electrons. The van der Waals surface area contributed by atoms with Crippen LogP contribution in [-0.2, 0) is 6.54 Å². The van der Waals surface area contributed by atoms with Crippen molar-refractivity contribution >= 4 is 11.5 Å². The standard InChI is InChI=1S/C14H16N4O/c1-3-19-12-7-5-4-6-10(12)14-15-8-11-13(16-14)9(2)17-18-11/h4-7H,3,8H2,1-2H3,(H,15,16)(H,17,18). The number of nitrogens with zero attached hydrogens (tertiary/aromatic N) is 2. The van der Waals surface area contributed by atoms with Crippen LogP contribution in [0.15, 0.2) is 29.3 Å². The minimum Gasteiger partial charge on any atom is -0.493 e. The van der Waals surface area contributed by atoms with Gasteiger partial charge in [-0.3, -0.25) is 10.1 Å². The molecule has 0 unspecified atom stereocenters. The molecule has 2 N–H and O–H groups in total. The lowest BCUT2D eigenvalue weighted by molar-refractivity contribution is 0.339. The molecule has 5 nitrogen and oxygen atoms in total. The van der Waals surface area contributed by atoms with Crippen molar-refractivity contribution < 1.29 is 4.74 Å². The van der Waals surface area contributed by atoms with Gasteiger partial charge >= 0.3 is 0 Å². The van der Waals surface area contributed by atoms with E-state index in [4.69, 9.17) is 4.74 Å². The maximum absolute atomic E-state index is 5.65. The second kappa shape index (κ2) is 4.76. The number of hydrogen-bond acceptors (Lipinski definition) is 4. The van der Waals surface area contributed by atoms with Crippen LogP contribution in [-0.4, -0.2) is 22.6 Å². The van der Waals surface area contributed by atoms with Gasteiger partial charge in [0, 0.05) is 0 Å². The molecule has 1 aliphatic rings. The third kappa shape index (κ3) is 2.07. The number of H-pyrrole nitrogens is 1. The van der Waals surface area contributed by atoms with Crippen molar-refractivity contribution in [3.05, 3.63) is 41.2 Å². The van der Waals surface area contributed by atoms with Crippen LogP contribution in [0.25, 0.3) is 0 Å². The number of aromatic nitrogens is 2. The number of para-hydroxylation sites is 1. The summed E-state index contributed by atoms with van der Waals surface area (Å²) in [6.45, 7) is 5.20. The molecule has 0 fully saturated rings. The average molecular weight is 256 g/mol. The Kier molecular flexibility index (Phi) is 2.95. The molecule has 1 aliphatic heterocycles. The fourth-order valence-electron chi connectivity index (χ4n) is 2.17. The van der Waals surface area contributed by atoms with Crippen molar-refractivity contribution in [1.29, 1.82) is 0 Å². The maximum Gasteiger partial charge on any atom is 0.137 e. The van der Waals surface area contributed by atoms with Crippen molar-refractivity contribution in [2.45, 2.75) is 20.4 Å². The van der Waals surface area contributed by atoms with Gasteiger partial charge < -0.3 is 10.1 Å². The van der Waals surface area contributed by atoms with Crippen LogP contribution in [0.3, 0.4) is 0 Å². The number of rotatable bonds is 3. The monoisotopic (exact) mass is 256 g/mol. The van der Waals surface area contributed by atoms with Gasteiger partial charge in [-0.05, 0) is 26.0 Å². The van der Waals surface area contributed by atoms with Gasteiger partial charge in [-0.15, -0.1) is 0 Å². The first-order valence-electron chi connectivity index (χ1n) is 6.37. The highest BCUT2D eigenvalue weighted by atomic mass is 16.5. The highest BCUT2D eigenvalue weighted by molar-refractivity contribution is 6.11.